The Morgan fingerprint density at radius 1 is 1.29 bits per heavy atom. The summed E-state index contributed by atoms with van der Waals surface area (Å²) < 4.78 is 41.0. The summed E-state index contributed by atoms with van der Waals surface area (Å²) in [6.07, 6.45) is -1.28. The molecule has 0 bridgehead atoms. The van der Waals surface area contributed by atoms with Crippen molar-refractivity contribution in [3.63, 3.8) is 0 Å². The van der Waals surface area contributed by atoms with E-state index in [-0.39, 0.29) is 11.9 Å². The Bertz CT molecular complexity index is 1010. The fourth-order valence-corrected chi connectivity index (χ4v) is 3.26. The van der Waals surface area contributed by atoms with Crippen molar-refractivity contribution in [2.45, 2.75) is 38.8 Å². The molecule has 9 heteroatoms. The van der Waals surface area contributed by atoms with E-state index in [1.165, 1.54) is 6.07 Å². The maximum Gasteiger partial charge on any atom is 0.417 e. The number of pyridine rings is 1. The van der Waals surface area contributed by atoms with Crippen molar-refractivity contribution in [1.29, 1.82) is 0 Å². The third-order valence-corrected chi connectivity index (χ3v) is 4.64. The maximum absolute atomic E-state index is 13.1. The number of imidazole rings is 1. The average molecular weight is 412 g/mol. The molecule has 148 valence electrons. The van der Waals surface area contributed by atoms with E-state index in [1.807, 2.05) is 13.0 Å². The van der Waals surface area contributed by atoms with Gasteiger partial charge in [-0.05, 0) is 36.6 Å². The molecule has 0 saturated carbocycles. The fourth-order valence-electron chi connectivity index (χ4n) is 3.00. The molecule has 3 rings (SSSR count). The smallest absolute Gasteiger partial charge is 0.417 e. The Morgan fingerprint density at radius 2 is 2.04 bits per heavy atom. The summed E-state index contributed by atoms with van der Waals surface area (Å²) in [5.74, 6) is 0.228. The highest BCUT2D eigenvalue weighted by Crippen LogP contribution is 2.37. The molecule has 0 atom stereocenters. The molecule has 5 nitrogen and oxygen atoms in total. The van der Waals surface area contributed by atoms with Gasteiger partial charge in [-0.25, -0.2) is 9.97 Å². The van der Waals surface area contributed by atoms with E-state index in [4.69, 9.17) is 16.7 Å². The Morgan fingerprint density at radius 3 is 2.61 bits per heavy atom. The molecule has 0 aliphatic heterocycles. The number of halogens is 4. The van der Waals surface area contributed by atoms with Crippen molar-refractivity contribution in [2.75, 3.05) is 0 Å². The van der Waals surface area contributed by atoms with Gasteiger partial charge in [-0.2, -0.15) is 13.2 Å². The minimum absolute atomic E-state index is 0.0773. The van der Waals surface area contributed by atoms with Crippen molar-refractivity contribution >= 4 is 28.6 Å². The number of aromatic nitrogens is 3. The van der Waals surface area contributed by atoms with Gasteiger partial charge in [0.25, 0.3) is 0 Å². The lowest BCUT2D eigenvalue weighted by molar-refractivity contribution is -0.138. The number of carboxylic acids is 1. The summed E-state index contributed by atoms with van der Waals surface area (Å²) in [5, 5.41) is 8.31. The van der Waals surface area contributed by atoms with Gasteiger partial charge in [-0.15, -0.1) is 0 Å². The summed E-state index contributed by atoms with van der Waals surface area (Å²) in [7, 11) is 0. The van der Waals surface area contributed by atoms with Gasteiger partial charge in [0.1, 0.15) is 11.6 Å². The van der Waals surface area contributed by atoms with E-state index in [0.717, 1.165) is 11.6 Å². The zero-order chi connectivity index (χ0) is 20.5. The Balaban J connectivity index is 2.00. The van der Waals surface area contributed by atoms with Crippen LogP contribution in [0.25, 0.3) is 16.9 Å². The molecule has 1 N–H and O–H groups in total. The third-order valence-electron chi connectivity index (χ3n) is 4.33. The van der Waals surface area contributed by atoms with E-state index in [9.17, 15) is 18.0 Å². The lowest BCUT2D eigenvalue weighted by Crippen LogP contribution is -2.06. The van der Waals surface area contributed by atoms with E-state index >= 15 is 0 Å². The normalized spacial score (nSPS) is 11.9. The lowest BCUT2D eigenvalue weighted by atomic mass is 10.1. The molecule has 0 saturated heterocycles. The Kier molecular flexibility index (Phi) is 5.60. The number of nitrogens with zero attached hydrogens (tertiary/aromatic N) is 3. The molecule has 0 aliphatic rings. The van der Waals surface area contributed by atoms with E-state index in [1.54, 1.807) is 16.8 Å². The molecular formula is C19H17ClF3N3O2. The molecule has 0 amide bonds. The summed E-state index contributed by atoms with van der Waals surface area (Å²) in [6, 6.07) is 5.77. The molecule has 3 aromatic rings. The molecule has 2 heterocycles. The fraction of sp³-hybridized carbons (Fsp3) is 0.316. The number of aryl methyl sites for hydroxylation is 2. The predicted octanol–water partition coefficient (Wildman–Crippen LogP) is 5.06. The first-order valence-electron chi connectivity index (χ1n) is 8.66. The highest BCUT2D eigenvalue weighted by atomic mass is 35.5. The standard InChI is InChI=1S/C19H17ClF3N3O2/c1-2-16-25-14-8-12(19(21,22)23)13(20)9-15(14)26(16)17-7-6-11(10-24-17)4-3-5-18(27)28/h6-10H,2-5H2,1H3,(H,27,28). The van der Waals surface area contributed by atoms with Crippen LogP contribution < -0.4 is 0 Å². The monoisotopic (exact) mass is 411 g/mol. The van der Waals surface area contributed by atoms with Gasteiger partial charge in [0.05, 0.1) is 21.6 Å². The molecule has 28 heavy (non-hydrogen) atoms. The van der Waals surface area contributed by atoms with Gasteiger partial charge in [0, 0.05) is 19.0 Å². The van der Waals surface area contributed by atoms with Gasteiger partial charge in [-0.3, -0.25) is 9.36 Å². The molecule has 0 radical (unpaired) electrons. The highest BCUT2D eigenvalue weighted by Gasteiger charge is 2.34. The van der Waals surface area contributed by atoms with Crippen LogP contribution in [0.5, 0.6) is 0 Å². The van der Waals surface area contributed by atoms with Crippen molar-refractivity contribution in [3.8, 4) is 5.82 Å². The number of hydrogen-bond acceptors (Lipinski definition) is 3. The molecule has 0 fully saturated rings. The first-order valence-corrected chi connectivity index (χ1v) is 9.03. The number of aliphatic carboxylic acids is 1. The van der Waals surface area contributed by atoms with E-state index in [0.29, 0.717) is 36.4 Å². The number of carboxylic acid groups (broad SMARTS) is 1. The molecule has 2 aromatic heterocycles. The summed E-state index contributed by atoms with van der Waals surface area (Å²) in [4.78, 5) is 19.3. The first kappa shape index (κ1) is 20.1. The van der Waals surface area contributed by atoms with Gasteiger partial charge in [0.15, 0.2) is 0 Å². The number of rotatable bonds is 6. The first-order chi connectivity index (χ1) is 13.2. The predicted molar refractivity (Wildman–Crippen MR) is 98.8 cm³/mol. The van der Waals surface area contributed by atoms with Crippen LogP contribution in [0.1, 0.15) is 36.7 Å². The molecular weight excluding hydrogens is 395 g/mol. The van der Waals surface area contributed by atoms with Gasteiger partial charge >= 0.3 is 12.1 Å². The molecule has 0 unspecified atom stereocenters. The third kappa shape index (κ3) is 4.11. The minimum Gasteiger partial charge on any atom is -0.481 e. The van der Waals surface area contributed by atoms with Crippen LogP contribution in [-0.2, 0) is 23.8 Å². The van der Waals surface area contributed by atoms with Crippen LogP contribution in [0, 0.1) is 0 Å². The largest absolute Gasteiger partial charge is 0.481 e. The number of alkyl halides is 3. The van der Waals surface area contributed by atoms with Crippen molar-refractivity contribution in [3.05, 3.63) is 52.4 Å². The zero-order valence-corrected chi connectivity index (χ0v) is 15.7. The molecule has 1 aromatic carbocycles. The van der Waals surface area contributed by atoms with Gasteiger partial charge < -0.3 is 5.11 Å². The van der Waals surface area contributed by atoms with Crippen LogP contribution in [-0.4, -0.2) is 25.6 Å². The zero-order valence-electron chi connectivity index (χ0n) is 14.9. The molecule has 0 spiro atoms. The Hall–Kier alpha value is -2.61. The van der Waals surface area contributed by atoms with Crippen LogP contribution >= 0.6 is 11.6 Å². The van der Waals surface area contributed by atoms with Gasteiger partial charge in [0.2, 0.25) is 0 Å². The number of carbonyl (C=O) groups is 1. The van der Waals surface area contributed by atoms with Crippen molar-refractivity contribution < 1.29 is 23.1 Å². The highest BCUT2D eigenvalue weighted by molar-refractivity contribution is 6.32. The van der Waals surface area contributed by atoms with Crippen LogP contribution in [0.3, 0.4) is 0 Å². The van der Waals surface area contributed by atoms with E-state index < -0.39 is 22.7 Å². The summed E-state index contributed by atoms with van der Waals surface area (Å²) in [6.45, 7) is 1.85. The molecule has 0 aliphatic carbocycles. The quantitative estimate of drug-likeness (QED) is 0.615. The number of hydrogen-bond donors (Lipinski definition) is 1. The van der Waals surface area contributed by atoms with Crippen LogP contribution in [0.2, 0.25) is 5.02 Å². The van der Waals surface area contributed by atoms with Crippen LogP contribution in [0.15, 0.2) is 30.5 Å². The lowest BCUT2D eigenvalue weighted by Gasteiger charge is -2.11. The summed E-state index contributed by atoms with van der Waals surface area (Å²) in [5.41, 5.74) is 0.599. The maximum atomic E-state index is 13.1. The van der Waals surface area contributed by atoms with Crippen molar-refractivity contribution in [1.82, 2.24) is 14.5 Å². The van der Waals surface area contributed by atoms with Crippen molar-refractivity contribution in [2.24, 2.45) is 0 Å². The average Bonchev–Trinajstić information content (AvgIpc) is 2.98. The summed E-state index contributed by atoms with van der Waals surface area (Å²) >= 11 is 5.88. The topological polar surface area (TPSA) is 68.0 Å². The van der Waals surface area contributed by atoms with E-state index in [2.05, 4.69) is 9.97 Å². The van der Waals surface area contributed by atoms with Crippen LogP contribution in [0.4, 0.5) is 13.2 Å². The minimum atomic E-state index is -4.56. The van der Waals surface area contributed by atoms with Gasteiger partial charge in [-0.1, -0.05) is 24.6 Å². The SMILES string of the molecule is CCc1nc2cc(C(F)(F)F)c(Cl)cc2n1-c1ccc(CCCC(=O)O)cn1. The number of fused-ring (bicyclic) bond motifs is 1. The second kappa shape index (κ2) is 7.79. The number of benzene rings is 1. The Labute approximate surface area is 163 Å². The second-order valence-electron chi connectivity index (χ2n) is 6.31. The second-order valence-corrected chi connectivity index (χ2v) is 6.71.